The number of hydrogen-bond acceptors (Lipinski definition) is 4. The van der Waals surface area contributed by atoms with Crippen LogP contribution in [0.2, 0.25) is 0 Å². The number of halogens is 1. The Kier molecular flexibility index (Phi) is 6.08. The molecule has 0 radical (unpaired) electrons. The summed E-state index contributed by atoms with van der Waals surface area (Å²) in [6.07, 6.45) is 13.0. The van der Waals surface area contributed by atoms with E-state index in [-0.39, 0.29) is 16.8 Å². The molecule has 2 atom stereocenters. The summed E-state index contributed by atoms with van der Waals surface area (Å²) in [5.74, 6) is 0.0858. The van der Waals surface area contributed by atoms with Gasteiger partial charge in [-0.2, -0.15) is 0 Å². The van der Waals surface area contributed by atoms with Gasteiger partial charge in [0.1, 0.15) is 11.5 Å². The van der Waals surface area contributed by atoms with Crippen LogP contribution in [0.5, 0.6) is 0 Å². The van der Waals surface area contributed by atoms with E-state index in [2.05, 4.69) is 86.0 Å². The molecule has 1 aromatic heterocycles. The predicted molar refractivity (Wildman–Crippen MR) is 156 cm³/mol. The Morgan fingerprint density at radius 1 is 1.00 bits per heavy atom. The summed E-state index contributed by atoms with van der Waals surface area (Å²) in [7, 11) is 2.20. The molecule has 0 amide bonds. The largest absolute Gasteiger partial charge is 0.304 e. The van der Waals surface area contributed by atoms with Gasteiger partial charge in [-0.05, 0) is 80.6 Å². The van der Waals surface area contributed by atoms with Gasteiger partial charge in [-0.1, -0.05) is 38.2 Å². The summed E-state index contributed by atoms with van der Waals surface area (Å²) < 4.78 is 15.4. The van der Waals surface area contributed by atoms with Crippen LogP contribution in [-0.4, -0.2) is 59.3 Å². The molecule has 2 unspecified atom stereocenters. The van der Waals surface area contributed by atoms with E-state index in [0.717, 1.165) is 78.3 Å². The van der Waals surface area contributed by atoms with Crippen molar-refractivity contribution in [3.05, 3.63) is 82.5 Å². The van der Waals surface area contributed by atoms with Gasteiger partial charge in [0.15, 0.2) is 0 Å². The normalized spacial score (nSPS) is 27.3. The Hall–Kier alpha value is -2.89. The number of rotatable bonds is 4. The Bertz CT molecular complexity index is 1420. The number of likely N-dealkylation sites (N-methyl/N-ethyl adjacent to an activating group) is 1. The maximum Gasteiger partial charge on any atom is 0.149 e. The van der Waals surface area contributed by atoms with Crippen LogP contribution in [-0.2, 0) is 11.8 Å². The number of piperazine rings is 1. The summed E-state index contributed by atoms with van der Waals surface area (Å²) in [5.41, 5.74) is 8.82. The molecule has 2 aliphatic carbocycles. The molecule has 4 nitrogen and oxygen atoms in total. The third-order valence-corrected chi connectivity index (χ3v) is 9.80. The average Bonchev–Trinajstić information content (AvgIpc) is 3.44. The zero-order valence-corrected chi connectivity index (χ0v) is 23.6. The predicted octanol–water partition coefficient (Wildman–Crippen LogP) is 6.58. The lowest BCUT2D eigenvalue weighted by atomic mass is 9.71. The van der Waals surface area contributed by atoms with E-state index in [9.17, 15) is 0 Å². The minimum Gasteiger partial charge on any atom is -0.304 e. The van der Waals surface area contributed by atoms with Crippen molar-refractivity contribution in [2.75, 3.05) is 33.2 Å². The van der Waals surface area contributed by atoms with Gasteiger partial charge in [0, 0.05) is 66.6 Å². The van der Waals surface area contributed by atoms with Crippen molar-refractivity contribution < 1.29 is 4.39 Å². The van der Waals surface area contributed by atoms with E-state index in [0.29, 0.717) is 11.6 Å². The van der Waals surface area contributed by atoms with Crippen molar-refractivity contribution in [3.8, 4) is 0 Å². The SMILES string of the molecule is CC1=Nc2c(F)cc(C3=CCc4ncc(C5=CCC(C)(N6CCN(C)CC6)C=C5)cc43)cc2C1(C)C(C)C. The van der Waals surface area contributed by atoms with Crippen molar-refractivity contribution in [1.82, 2.24) is 14.8 Å². The molecule has 0 bridgehead atoms. The summed E-state index contributed by atoms with van der Waals surface area (Å²) in [6, 6.07) is 6.09. The molecule has 6 rings (SSSR count). The van der Waals surface area contributed by atoms with Gasteiger partial charge < -0.3 is 4.90 Å². The summed E-state index contributed by atoms with van der Waals surface area (Å²) in [4.78, 5) is 14.5. The highest BCUT2D eigenvalue weighted by Gasteiger charge is 2.41. The maximum atomic E-state index is 15.4. The molecule has 2 aromatic rings. The second kappa shape index (κ2) is 9.10. The van der Waals surface area contributed by atoms with Crippen LogP contribution in [0.4, 0.5) is 10.1 Å². The molecular weight excluding hydrogens is 471 g/mol. The molecule has 0 spiro atoms. The molecule has 0 N–H and O–H groups in total. The molecule has 5 heteroatoms. The van der Waals surface area contributed by atoms with E-state index in [1.807, 2.05) is 13.1 Å². The van der Waals surface area contributed by atoms with Crippen molar-refractivity contribution in [1.29, 1.82) is 0 Å². The van der Waals surface area contributed by atoms with Gasteiger partial charge in [-0.15, -0.1) is 0 Å². The zero-order valence-electron chi connectivity index (χ0n) is 23.6. The van der Waals surface area contributed by atoms with Crippen LogP contribution in [0.3, 0.4) is 0 Å². The number of allylic oxidation sites excluding steroid dienone is 3. The molecule has 2 aliphatic heterocycles. The number of pyridine rings is 1. The van der Waals surface area contributed by atoms with Crippen LogP contribution < -0.4 is 0 Å². The molecule has 1 aromatic carbocycles. The number of hydrogen-bond donors (Lipinski definition) is 0. The van der Waals surface area contributed by atoms with Crippen LogP contribution >= 0.6 is 0 Å². The maximum absolute atomic E-state index is 15.4. The smallest absolute Gasteiger partial charge is 0.149 e. The second-order valence-electron chi connectivity index (χ2n) is 12.3. The lowest BCUT2D eigenvalue weighted by Gasteiger charge is -2.44. The fraction of sp³-hybridized carbons (Fsp3) is 0.455. The lowest BCUT2D eigenvalue weighted by molar-refractivity contribution is 0.0804. The molecular formula is C33H39FN4. The topological polar surface area (TPSA) is 31.7 Å². The number of nitrogens with zero attached hydrogens (tertiary/aromatic N) is 4. The Morgan fingerprint density at radius 3 is 2.45 bits per heavy atom. The summed E-state index contributed by atoms with van der Waals surface area (Å²) >= 11 is 0. The van der Waals surface area contributed by atoms with E-state index >= 15 is 4.39 Å². The number of aliphatic imine (C=N–C) groups is 1. The molecule has 38 heavy (non-hydrogen) atoms. The third-order valence-electron chi connectivity index (χ3n) is 9.80. The molecule has 3 heterocycles. The van der Waals surface area contributed by atoms with Crippen LogP contribution in [0.15, 0.2) is 53.7 Å². The monoisotopic (exact) mass is 510 g/mol. The van der Waals surface area contributed by atoms with Crippen molar-refractivity contribution in [3.63, 3.8) is 0 Å². The zero-order chi connectivity index (χ0) is 26.8. The first-order valence-electron chi connectivity index (χ1n) is 14.0. The van der Waals surface area contributed by atoms with Crippen LogP contribution in [0, 0.1) is 11.7 Å². The first kappa shape index (κ1) is 25.4. The highest BCUT2D eigenvalue weighted by molar-refractivity contribution is 6.01. The van der Waals surface area contributed by atoms with E-state index in [1.165, 1.54) is 5.57 Å². The molecule has 198 valence electrons. The van der Waals surface area contributed by atoms with Crippen LogP contribution in [0.1, 0.15) is 69.0 Å². The quantitative estimate of drug-likeness (QED) is 0.466. The number of aromatic nitrogens is 1. The number of fused-ring (bicyclic) bond motifs is 2. The first-order chi connectivity index (χ1) is 18.1. The highest BCUT2D eigenvalue weighted by atomic mass is 19.1. The van der Waals surface area contributed by atoms with Crippen LogP contribution in [0.25, 0.3) is 11.1 Å². The minimum atomic E-state index is -0.262. The average molecular weight is 511 g/mol. The molecule has 1 fully saturated rings. The first-order valence-corrected chi connectivity index (χ1v) is 14.0. The lowest BCUT2D eigenvalue weighted by Crippen LogP contribution is -2.54. The Balaban J connectivity index is 1.29. The standard InChI is InChI=1S/C33H39FN4/c1-21(2)33(5)22(3)36-31-28(33)18-24(19-29(31)34)26-7-8-30-27(26)17-25(20-35-30)23-9-11-32(4,12-10-23)38-15-13-37(6)14-16-38/h7,9-11,17-21H,8,12-16H2,1-6H3. The van der Waals surface area contributed by atoms with Gasteiger partial charge in [0.25, 0.3) is 0 Å². The van der Waals surface area contributed by atoms with Gasteiger partial charge >= 0.3 is 0 Å². The van der Waals surface area contributed by atoms with Crippen molar-refractivity contribution in [2.45, 2.75) is 58.4 Å². The van der Waals surface area contributed by atoms with Gasteiger partial charge in [-0.3, -0.25) is 14.9 Å². The Labute approximate surface area is 226 Å². The summed E-state index contributed by atoms with van der Waals surface area (Å²) in [6.45, 7) is 15.4. The molecule has 1 saturated heterocycles. The fourth-order valence-electron chi connectivity index (χ4n) is 6.59. The van der Waals surface area contributed by atoms with E-state index < -0.39 is 0 Å². The van der Waals surface area contributed by atoms with Gasteiger partial charge in [0.05, 0.1) is 5.69 Å². The van der Waals surface area contributed by atoms with Crippen molar-refractivity contribution >= 4 is 22.5 Å². The third kappa shape index (κ3) is 3.94. The molecule has 0 saturated carbocycles. The minimum absolute atomic E-state index is 0.0607. The Morgan fingerprint density at radius 2 is 1.76 bits per heavy atom. The van der Waals surface area contributed by atoms with Crippen molar-refractivity contribution in [2.24, 2.45) is 10.9 Å². The van der Waals surface area contributed by atoms with E-state index in [4.69, 9.17) is 4.98 Å². The fourth-order valence-corrected chi connectivity index (χ4v) is 6.59. The van der Waals surface area contributed by atoms with Gasteiger partial charge in [-0.25, -0.2) is 4.39 Å². The molecule has 4 aliphatic rings. The van der Waals surface area contributed by atoms with E-state index in [1.54, 1.807) is 6.07 Å². The summed E-state index contributed by atoms with van der Waals surface area (Å²) in [5, 5.41) is 0. The number of benzene rings is 1. The van der Waals surface area contributed by atoms with Gasteiger partial charge in [0.2, 0.25) is 0 Å². The highest BCUT2D eigenvalue weighted by Crippen LogP contribution is 2.48. The second-order valence-corrected chi connectivity index (χ2v) is 12.3.